The lowest BCUT2D eigenvalue weighted by Gasteiger charge is -2.27. The zero-order valence-corrected chi connectivity index (χ0v) is 11.5. The van der Waals surface area contributed by atoms with Gasteiger partial charge in [0.05, 0.1) is 0 Å². The monoisotopic (exact) mass is 288 g/mol. The largest absolute Gasteiger partial charge is 0.450 e. The summed E-state index contributed by atoms with van der Waals surface area (Å²) in [5.74, 6) is 0.865. The van der Waals surface area contributed by atoms with E-state index in [1.165, 1.54) is 0 Å². The molecule has 0 atom stereocenters. The van der Waals surface area contributed by atoms with Crippen LogP contribution in [0.15, 0.2) is 28.9 Å². The Kier molecular flexibility index (Phi) is 2.75. The van der Waals surface area contributed by atoms with Crippen LogP contribution in [0.5, 0.6) is 0 Å². The standard InChI is InChI=1S/C14H13ClN4O/c15-9-1-2-11-10(7-9)12-13(20-11)14(18-8-17-12)19-5-3-16-4-6-19/h1-2,7-8,16H,3-6H2. The number of nitrogens with one attached hydrogen (secondary N) is 1. The van der Waals surface area contributed by atoms with Gasteiger partial charge in [-0.25, -0.2) is 9.97 Å². The highest BCUT2D eigenvalue weighted by Gasteiger charge is 2.19. The topological polar surface area (TPSA) is 54.2 Å². The molecule has 2 aromatic heterocycles. The minimum absolute atomic E-state index is 0.683. The number of furan rings is 1. The Balaban J connectivity index is 1.95. The highest BCUT2D eigenvalue weighted by atomic mass is 35.5. The minimum atomic E-state index is 0.683. The molecule has 1 aromatic carbocycles. The average molecular weight is 289 g/mol. The van der Waals surface area contributed by atoms with Crippen LogP contribution in [0.2, 0.25) is 5.02 Å². The van der Waals surface area contributed by atoms with Crippen molar-refractivity contribution < 1.29 is 4.42 Å². The molecule has 1 saturated heterocycles. The molecule has 1 aliphatic heterocycles. The van der Waals surface area contributed by atoms with Gasteiger partial charge in [-0.1, -0.05) is 11.6 Å². The first kappa shape index (κ1) is 11.9. The third-order valence-corrected chi connectivity index (χ3v) is 3.85. The van der Waals surface area contributed by atoms with Crippen LogP contribution in [0.25, 0.3) is 22.1 Å². The van der Waals surface area contributed by atoms with Gasteiger partial charge in [0, 0.05) is 36.6 Å². The van der Waals surface area contributed by atoms with E-state index in [1.807, 2.05) is 18.2 Å². The summed E-state index contributed by atoms with van der Waals surface area (Å²) in [6, 6.07) is 5.59. The van der Waals surface area contributed by atoms with E-state index in [0.717, 1.165) is 54.1 Å². The summed E-state index contributed by atoms with van der Waals surface area (Å²) < 4.78 is 5.95. The maximum Gasteiger partial charge on any atom is 0.196 e. The first-order chi connectivity index (χ1) is 9.83. The normalized spacial score (nSPS) is 16.1. The van der Waals surface area contributed by atoms with E-state index in [1.54, 1.807) is 6.33 Å². The molecule has 0 unspecified atom stereocenters. The van der Waals surface area contributed by atoms with Gasteiger partial charge < -0.3 is 14.6 Å². The van der Waals surface area contributed by atoms with Crippen molar-refractivity contribution >= 4 is 39.5 Å². The average Bonchev–Trinajstić information content (AvgIpc) is 2.86. The van der Waals surface area contributed by atoms with E-state index in [-0.39, 0.29) is 0 Å². The summed E-state index contributed by atoms with van der Waals surface area (Å²) >= 11 is 6.06. The highest BCUT2D eigenvalue weighted by molar-refractivity contribution is 6.31. The second-order valence-electron chi connectivity index (χ2n) is 4.85. The lowest BCUT2D eigenvalue weighted by molar-refractivity contribution is 0.580. The van der Waals surface area contributed by atoms with Gasteiger partial charge in [-0.05, 0) is 18.2 Å². The van der Waals surface area contributed by atoms with Crippen LogP contribution >= 0.6 is 11.6 Å². The van der Waals surface area contributed by atoms with Crippen molar-refractivity contribution in [2.24, 2.45) is 0 Å². The minimum Gasteiger partial charge on any atom is -0.450 e. The van der Waals surface area contributed by atoms with Crippen molar-refractivity contribution in [2.45, 2.75) is 0 Å². The second kappa shape index (κ2) is 4.61. The lowest BCUT2D eigenvalue weighted by Crippen LogP contribution is -2.43. The van der Waals surface area contributed by atoms with Crippen LogP contribution < -0.4 is 10.2 Å². The number of hydrogen-bond donors (Lipinski definition) is 1. The number of benzene rings is 1. The maximum absolute atomic E-state index is 6.06. The Bertz CT molecular complexity index is 779. The lowest BCUT2D eigenvalue weighted by atomic mass is 10.2. The Hall–Kier alpha value is -1.85. The Morgan fingerprint density at radius 1 is 1.20 bits per heavy atom. The van der Waals surface area contributed by atoms with Crippen molar-refractivity contribution in [3.8, 4) is 0 Å². The fraction of sp³-hybridized carbons (Fsp3) is 0.286. The Labute approximate surface area is 120 Å². The number of nitrogens with zero attached hydrogens (tertiary/aromatic N) is 3. The molecule has 0 spiro atoms. The molecule has 4 rings (SSSR count). The van der Waals surface area contributed by atoms with Crippen LogP contribution in [0.3, 0.4) is 0 Å². The molecule has 0 saturated carbocycles. The molecule has 1 fully saturated rings. The molecule has 0 radical (unpaired) electrons. The van der Waals surface area contributed by atoms with Crippen molar-refractivity contribution in [3.63, 3.8) is 0 Å². The van der Waals surface area contributed by atoms with Crippen LogP contribution in [0.1, 0.15) is 0 Å². The van der Waals surface area contributed by atoms with Gasteiger partial charge in [0.1, 0.15) is 17.4 Å². The molecular formula is C14H13ClN4O. The molecule has 0 bridgehead atoms. The Morgan fingerprint density at radius 2 is 2.05 bits per heavy atom. The summed E-state index contributed by atoms with van der Waals surface area (Å²) in [5, 5.41) is 4.95. The number of anilines is 1. The molecule has 0 amide bonds. The molecule has 1 aliphatic rings. The number of hydrogen-bond acceptors (Lipinski definition) is 5. The molecule has 0 aliphatic carbocycles. The third-order valence-electron chi connectivity index (χ3n) is 3.61. The summed E-state index contributed by atoms with van der Waals surface area (Å²) in [4.78, 5) is 11.0. The molecule has 5 nitrogen and oxygen atoms in total. The molecule has 6 heteroatoms. The van der Waals surface area contributed by atoms with Crippen LogP contribution in [0.4, 0.5) is 5.82 Å². The van der Waals surface area contributed by atoms with E-state index in [2.05, 4.69) is 20.2 Å². The molecular weight excluding hydrogens is 276 g/mol. The first-order valence-corrected chi connectivity index (χ1v) is 6.99. The Morgan fingerprint density at radius 3 is 2.90 bits per heavy atom. The number of rotatable bonds is 1. The van der Waals surface area contributed by atoms with Gasteiger partial charge in [0.25, 0.3) is 0 Å². The fourth-order valence-electron chi connectivity index (χ4n) is 2.64. The summed E-state index contributed by atoms with van der Waals surface area (Å²) in [6.45, 7) is 3.75. The second-order valence-corrected chi connectivity index (χ2v) is 5.29. The van der Waals surface area contributed by atoms with Gasteiger partial charge in [-0.3, -0.25) is 0 Å². The van der Waals surface area contributed by atoms with Crippen LogP contribution in [0, 0.1) is 0 Å². The predicted molar refractivity (Wildman–Crippen MR) is 79.4 cm³/mol. The third kappa shape index (κ3) is 1.82. The number of aromatic nitrogens is 2. The first-order valence-electron chi connectivity index (χ1n) is 6.61. The van der Waals surface area contributed by atoms with Crippen molar-refractivity contribution in [3.05, 3.63) is 29.5 Å². The zero-order valence-electron chi connectivity index (χ0n) is 10.8. The summed E-state index contributed by atoms with van der Waals surface area (Å²) in [7, 11) is 0. The van der Waals surface area contributed by atoms with E-state index < -0.39 is 0 Å². The van der Waals surface area contributed by atoms with Gasteiger partial charge in [0.15, 0.2) is 11.4 Å². The highest BCUT2D eigenvalue weighted by Crippen LogP contribution is 2.33. The summed E-state index contributed by atoms with van der Waals surface area (Å²) in [5.41, 5.74) is 2.36. The summed E-state index contributed by atoms with van der Waals surface area (Å²) in [6.07, 6.45) is 1.59. The van der Waals surface area contributed by atoms with Gasteiger partial charge in [-0.15, -0.1) is 0 Å². The van der Waals surface area contributed by atoms with Crippen LogP contribution in [-0.4, -0.2) is 36.1 Å². The van der Waals surface area contributed by atoms with Crippen molar-refractivity contribution in [1.29, 1.82) is 0 Å². The van der Waals surface area contributed by atoms with Gasteiger partial charge in [0.2, 0.25) is 0 Å². The molecule has 20 heavy (non-hydrogen) atoms. The van der Waals surface area contributed by atoms with Gasteiger partial charge in [-0.2, -0.15) is 0 Å². The SMILES string of the molecule is Clc1ccc2oc3c(N4CCNCC4)ncnc3c2c1. The molecule has 102 valence electrons. The maximum atomic E-state index is 6.06. The fourth-order valence-corrected chi connectivity index (χ4v) is 2.81. The molecule has 3 heterocycles. The van der Waals surface area contributed by atoms with Crippen molar-refractivity contribution in [1.82, 2.24) is 15.3 Å². The van der Waals surface area contributed by atoms with Crippen molar-refractivity contribution in [2.75, 3.05) is 31.1 Å². The number of fused-ring (bicyclic) bond motifs is 3. The zero-order chi connectivity index (χ0) is 13.5. The smallest absolute Gasteiger partial charge is 0.196 e. The predicted octanol–water partition coefficient (Wildman–Crippen LogP) is 2.44. The van der Waals surface area contributed by atoms with Gasteiger partial charge >= 0.3 is 0 Å². The van der Waals surface area contributed by atoms with E-state index in [0.29, 0.717) is 5.02 Å². The van der Waals surface area contributed by atoms with Crippen LogP contribution in [-0.2, 0) is 0 Å². The number of halogens is 1. The van der Waals surface area contributed by atoms with E-state index in [9.17, 15) is 0 Å². The van der Waals surface area contributed by atoms with E-state index in [4.69, 9.17) is 16.0 Å². The number of piperazine rings is 1. The van der Waals surface area contributed by atoms with E-state index >= 15 is 0 Å². The molecule has 3 aromatic rings. The molecule has 1 N–H and O–H groups in total. The quantitative estimate of drug-likeness (QED) is 0.745.